The molecule has 4 nitrogen and oxygen atoms in total. The van der Waals surface area contributed by atoms with Crippen LogP contribution >= 0.6 is 0 Å². The van der Waals surface area contributed by atoms with Crippen molar-refractivity contribution >= 4 is 12.9 Å². The van der Waals surface area contributed by atoms with Crippen molar-refractivity contribution in [2.75, 3.05) is 0 Å². The molecule has 2 N–H and O–H groups in total. The SMILES string of the molecule is O=[C-]O.O=[C-]O.[Ce]. The quantitative estimate of drug-likeness (QED) is 0.535. The molecule has 0 atom stereocenters. The summed E-state index contributed by atoms with van der Waals surface area (Å²) in [5, 5.41) is 13.5. The standard InChI is InChI=1S/2CHO2.Ce/c2*2-1-3;/h2*(H,2,3);/q2*-1;. The Morgan fingerprint density at radius 2 is 1.00 bits per heavy atom. The van der Waals surface area contributed by atoms with E-state index in [-0.39, 0.29) is 41.7 Å². The van der Waals surface area contributed by atoms with Crippen LogP contribution in [0.3, 0.4) is 0 Å². The summed E-state index contributed by atoms with van der Waals surface area (Å²) < 4.78 is 0. The number of aliphatic hydroxyl groups excluding tert-OH is 2. The van der Waals surface area contributed by atoms with E-state index >= 15 is 0 Å². The normalized spacial score (nSPS) is 3.43. The maximum atomic E-state index is 8.24. The van der Waals surface area contributed by atoms with Crippen molar-refractivity contribution in [1.29, 1.82) is 0 Å². The van der Waals surface area contributed by atoms with Gasteiger partial charge in [-0.25, -0.2) is 0 Å². The second-order valence-corrected chi connectivity index (χ2v) is 0.183. The van der Waals surface area contributed by atoms with Gasteiger partial charge >= 0.3 is 0 Å². The van der Waals surface area contributed by atoms with Crippen molar-refractivity contribution in [2.45, 2.75) is 0 Å². The first-order chi connectivity index (χ1) is 2.83. The number of hydrogen-bond donors (Lipinski definition) is 2. The minimum atomic E-state index is 0. The van der Waals surface area contributed by atoms with Crippen molar-refractivity contribution in [2.24, 2.45) is 0 Å². The zero-order valence-electron chi connectivity index (χ0n) is 3.21. The Bertz CT molecular complexity index is 30.7. The van der Waals surface area contributed by atoms with E-state index in [1.165, 1.54) is 0 Å². The Morgan fingerprint density at radius 3 is 1.00 bits per heavy atom. The molecule has 0 aliphatic rings. The van der Waals surface area contributed by atoms with E-state index in [4.69, 9.17) is 19.8 Å². The Hall–Kier alpha value is 0.317. The largest absolute Gasteiger partial charge is 0.665 e. The molecule has 0 unspecified atom stereocenters. The molecule has 0 saturated heterocycles. The van der Waals surface area contributed by atoms with Crippen molar-refractivity contribution in [3.05, 3.63) is 0 Å². The molecular formula is C2H2CeO4-2. The average molecular weight is 230 g/mol. The molecule has 0 saturated carbocycles. The minimum Gasteiger partial charge on any atom is -0.665 e. The van der Waals surface area contributed by atoms with Gasteiger partial charge in [-0.1, -0.05) is 12.9 Å². The van der Waals surface area contributed by atoms with E-state index in [0.717, 1.165) is 0 Å². The smallest absolute Gasteiger partial charge is 0 e. The molecule has 0 fully saturated rings. The summed E-state index contributed by atoms with van der Waals surface area (Å²) in [6, 6.07) is 0. The first kappa shape index (κ1) is 15.7. The molecule has 0 heterocycles. The fourth-order valence-corrected chi connectivity index (χ4v) is 0. The zero-order valence-corrected chi connectivity index (χ0v) is 6.35. The van der Waals surface area contributed by atoms with Crippen LogP contribution in [0.15, 0.2) is 0 Å². The van der Waals surface area contributed by atoms with E-state index in [9.17, 15) is 0 Å². The van der Waals surface area contributed by atoms with Crippen molar-refractivity contribution in [3.63, 3.8) is 0 Å². The second-order valence-electron chi connectivity index (χ2n) is 0.183. The van der Waals surface area contributed by atoms with E-state index in [2.05, 4.69) is 0 Å². The van der Waals surface area contributed by atoms with Gasteiger partial charge in [-0.2, -0.15) is 0 Å². The fourth-order valence-electron chi connectivity index (χ4n) is 0. The molecule has 5 heteroatoms. The van der Waals surface area contributed by atoms with E-state index in [0.29, 0.717) is 12.9 Å². The molecular weight excluding hydrogens is 228 g/mol. The van der Waals surface area contributed by atoms with Crippen LogP contribution in [-0.4, -0.2) is 23.2 Å². The van der Waals surface area contributed by atoms with E-state index in [1.54, 1.807) is 0 Å². The maximum Gasteiger partial charge on any atom is 0 e. The Balaban J connectivity index is -0.0000000400. The second kappa shape index (κ2) is 33.3. The van der Waals surface area contributed by atoms with Gasteiger partial charge in [-0.15, -0.1) is 0 Å². The van der Waals surface area contributed by atoms with E-state index in [1.807, 2.05) is 0 Å². The summed E-state index contributed by atoms with van der Waals surface area (Å²) in [5.41, 5.74) is 0. The maximum absolute atomic E-state index is 8.24. The summed E-state index contributed by atoms with van der Waals surface area (Å²) in [4.78, 5) is 16.5. The molecule has 0 aromatic carbocycles. The first-order valence-corrected chi connectivity index (χ1v) is 0.855. The van der Waals surface area contributed by atoms with Gasteiger partial charge in [0, 0.05) is 41.7 Å². The van der Waals surface area contributed by atoms with Gasteiger partial charge in [0.1, 0.15) is 0 Å². The molecule has 0 radical (unpaired) electrons. The average Bonchev–Trinajstić information content (AvgIpc) is 1.39. The third-order valence-corrected chi connectivity index (χ3v) is 0. The summed E-state index contributed by atoms with van der Waals surface area (Å²) in [7, 11) is 0. The van der Waals surface area contributed by atoms with Crippen LogP contribution in [0.4, 0.5) is 0 Å². The predicted molar refractivity (Wildman–Crippen MR) is 16.6 cm³/mol. The van der Waals surface area contributed by atoms with Gasteiger partial charge in [-0.05, 0) is 0 Å². The van der Waals surface area contributed by atoms with Gasteiger partial charge < -0.3 is 19.8 Å². The van der Waals surface area contributed by atoms with Gasteiger partial charge in [0.15, 0.2) is 0 Å². The molecule has 0 aromatic heterocycles. The molecule has 0 rings (SSSR count). The topological polar surface area (TPSA) is 74.6 Å². The third kappa shape index (κ3) is 1170. The monoisotopic (exact) mass is 230 g/mol. The summed E-state index contributed by atoms with van der Waals surface area (Å²) >= 11 is 0. The summed E-state index contributed by atoms with van der Waals surface area (Å²) in [6.07, 6.45) is 0. The van der Waals surface area contributed by atoms with Crippen LogP contribution in [0.1, 0.15) is 0 Å². The summed E-state index contributed by atoms with van der Waals surface area (Å²) in [5.74, 6) is 0. The van der Waals surface area contributed by atoms with Crippen LogP contribution in [0.5, 0.6) is 0 Å². The van der Waals surface area contributed by atoms with Crippen molar-refractivity contribution in [1.82, 2.24) is 0 Å². The van der Waals surface area contributed by atoms with Crippen LogP contribution in [-0.2, 0) is 9.59 Å². The predicted octanol–water partition coefficient (Wildman–Crippen LogP) is -0.777. The molecule has 0 amide bonds. The molecule has 0 bridgehead atoms. The van der Waals surface area contributed by atoms with E-state index < -0.39 is 0 Å². The number of rotatable bonds is 0. The van der Waals surface area contributed by atoms with Crippen LogP contribution in [0.25, 0.3) is 0 Å². The van der Waals surface area contributed by atoms with Gasteiger partial charge in [0.25, 0.3) is 0 Å². The Labute approximate surface area is 73.9 Å². The van der Waals surface area contributed by atoms with Gasteiger partial charge in [-0.3, -0.25) is 0 Å². The van der Waals surface area contributed by atoms with Crippen molar-refractivity contribution in [3.8, 4) is 0 Å². The van der Waals surface area contributed by atoms with Crippen LogP contribution < -0.4 is 0 Å². The molecule has 7 heavy (non-hydrogen) atoms. The first-order valence-electron chi connectivity index (χ1n) is 0.855. The van der Waals surface area contributed by atoms with Crippen LogP contribution in [0, 0.1) is 41.7 Å². The molecule has 0 aliphatic carbocycles. The molecule has 40 valence electrons. The zero-order chi connectivity index (χ0) is 5.41. The molecule has 0 aliphatic heterocycles. The fraction of sp³-hybridized carbons (Fsp3) is 0. The van der Waals surface area contributed by atoms with Crippen LogP contribution in [0.2, 0.25) is 0 Å². The molecule has 0 aromatic rings. The van der Waals surface area contributed by atoms with Crippen molar-refractivity contribution < 1.29 is 61.5 Å². The Morgan fingerprint density at radius 1 is 1.00 bits per heavy atom. The number of hydrogen-bond acceptors (Lipinski definition) is 2. The molecule has 0 spiro atoms. The van der Waals surface area contributed by atoms with Gasteiger partial charge in [0.05, 0.1) is 0 Å². The summed E-state index contributed by atoms with van der Waals surface area (Å²) in [6.45, 7) is 1.00. The van der Waals surface area contributed by atoms with Gasteiger partial charge in [0.2, 0.25) is 0 Å². The Kier molecular flexibility index (Phi) is 74.5. The third-order valence-electron chi connectivity index (χ3n) is 0. The minimum absolute atomic E-state index is 0.